The van der Waals surface area contributed by atoms with Crippen molar-refractivity contribution in [3.8, 4) is 5.75 Å². The van der Waals surface area contributed by atoms with E-state index >= 15 is 0 Å². The maximum absolute atomic E-state index is 12.1. The Morgan fingerprint density at radius 2 is 1.92 bits per heavy atom. The number of carbonyl (C=O) groups excluding carboxylic acids is 1. The minimum atomic E-state index is -0.244. The van der Waals surface area contributed by atoms with E-state index in [4.69, 9.17) is 4.74 Å². The summed E-state index contributed by atoms with van der Waals surface area (Å²) in [4.78, 5) is 16.5. The van der Waals surface area contributed by atoms with Crippen LogP contribution in [0.15, 0.2) is 62.1 Å². The molecule has 0 spiro atoms. The Labute approximate surface area is 164 Å². The summed E-state index contributed by atoms with van der Waals surface area (Å²) in [6.45, 7) is -0.113. The monoisotopic (exact) mass is 512 g/mol. The molecule has 0 unspecified atom stereocenters. The molecule has 1 N–H and O–H groups in total. The predicted octanol–water partition coefficient (Wildman–Crippen LogP) is 5.54. The predicted molar refractivity (Wildman–Crippen MR) is 105 cm³/mol. The van der Waals surface area contributed by atoms with Crippen LogP contribution in [-0.4, -0.2) is 17.5 Å². The number of aromatic nitrogens is 1. The second-order valence-electron chi connectivity index (χ2n) is 4.92. The van der Waals surface area contributed by atoms with Crippen molar-refractivity contribution in [2.75, 3.05) is 11.9 Å². The zero-order valence-corrected chi connectivity index (χ0v) is 17.0. The van der Waals surface area contributed by atoms with Gasteiger partial charge in [-0.05, 0) is 46.3 Å². The van der Waals surface area contributed by atoms with Crippen LogP contribution in [0.3, 0.4) is 0 Å². The van der Waals surface area contributed by atoms with E-state index in [0.29, 0.717) is 17.0 Å². The lowest BCUT2D eigenvalue weighted by atomic mass is 10.2. The molecule has 4 nitrogen and oxygen atoms in total. The lowest BCUT2D eigenvalue weighted by Crippen LogP contribution is -2.20. The number of pyridine rings is 1. The third-order valence-electron chi connectivity index (χ3n) is 3.21. The Balaban J connectivity index is 1.77. The molecule has 0 bridgehead atoms. The Bertz CT molecular complexity index is 915. The zero-order chi connectivity index (χ0) is 17.1. The van der Waals surface area contributed by atoms with Crippen molar-refractivity contribution in [3.05, 3.63) is 62.1 Å². The minimum Gasteiger partial charge on any atom is -0.480 e. The molecule has 1 heterocycles. The maximum Gasteiger partial charge on any atom is 0.262 e. The van der Waals surface area contributed by atoms with E-state index in [2.05, 4.69) is 58.1 Å². The van der Waals surface area contributed by atoms with E-state index < -0.39 is 0 Å². The first kappa shape index (κ1) is 17.4. The molecule has 0 aliphatic rings. The second kappa shape index (κ2) is 7.63. The minimum absolute atomic E-state index is 0.113. The number of nitrogens with one attached hydrogen (secondary N) is 1. The number of amides is 1. The number of anilines is 1. The molecule has 0 atom stereocenters. The molecular formula is C17H11Br3N2O2. The molecule has 0 saturated carbocycles. The first-order chi connectivity index (χ1) is 11.5. The first-order valence-corrected chi connectivity index (χ1v) is 9.33. The number of hydrogen-bond donors (Lipinski definition) is 1. The van der Waals surface area contributed by atoms with Crippen molar-refractivity contribution in [1.29, 1.82) is 0 Å². The van der Waals surface area contributed by atoms with E-state index in [9.17, 15) is 4.79 Å². The van der Waals surface area contributed by atoms with Crippen molar-refractivity contribution in [2.45, 2.75) is 0 Å². The fraction of sp³-hybridized carbons (Fsp3) is 0.0588. The number of nitrogens with zero attached hydrogens (tertiary/aromatic N) is 1. The standard InChI is InChI=1S/C17H11Br3N2O2/c18-10-3-1-4-11(7-10)22-15(23)9-24-17-14(20)8-13(19)12-5-2-6-21-16(12)17/h1-8H,9H2,(H,22,23). The SMILES string of the molecule is O=C(COc1c(Br)cc(Br)c2cccnc12)Nc1cccc(Br)c1. The van der Waals surface area contributed by atoms with Gasteiger partial charge in [0.25, 0.3) is 5.91 Å². The van der Waals surface area contributed by atoms with Crippen LogP contribution in [-0.2, 0) is 4.79 Å². The molecule has 0 radical (unpaired) electrons. The number of halogens is 3. The van der Waals surface area contributed by atoms with Crippen LogP contribution < -0.4 is 10.1 Å². The van der Waals surface area contributed by atoms with E-state index in [1.54, 1.807) is 6.20 Å². The highest BCUT2D eigenvalue weighted by Gasteiger charge is 2.13. The highest BCUT2D eigenvalue weighted by molar-refractivity contribution is 9.11. The van der Waals surface area contributed by atoms with Gasteiger partial charge in [-0.2, -0.15) is 0 Å². The molecule has 0 saturated heterocycles. The van der Waals surface area contributed by atoms with Crippen LogP contribution in [0, 0.1) is 0 Å². The van der Waals surface area contributed by atoms with Crippen molar-refractivity contribution >= 4 is 70.3 Å². The van der Waals surface area contributed by atoms with Crippen molar-refractivity contribution in [3.63, 3.8) is 0 Å². The summed E-state index contributed by atoms with van der Waals surface area (Å²) in [5.74, 6) is 0.296. The van der Waals surface area contributed by atoms with Gasteiger partial charge in [-0.15, -0.1) is 0 Å². The third-order valence-corrected chi connectivity index (χ3v) is 4.94. The van der Waals surface area contributed by atoms with Gasteiger partial charge >= 0.3 is 0 Å². The van der Waals surface area contributed by atoms with Crippen LogP contribution in [0.5, 0.6) is 5.75 Å². The van der Waals surface area contributed by atoms with Crippen LogP contribution in [0.25, 0.3) is 10.9 Å². The van der Waals surface area contributed by atoms with Gasteiger partial charge in [0.15, 0.2) is 12.4 Å². The lowest BCUT2D eigenvalue weighted by Gasteiger charge is -2.12. The quantitative estimate of drug-likeness (QED) is 0.497. The molecule has 0 aliphatic carbocycles. The number of carbonyl (C=O) groups is 1. The summed E-state index contributed by atoms with van der Waals surface area (Å²) in [6.07, 6.45) is 1.69. The second-order valence-corrected chi connectivity index (χ2v) is 7.54. The molecule has 24 heavy (non-hydrogen) atoms. The van der Waals surface area contributed by atoms with Gasteiger partial charge < -0.3 is 10.1 Å². The average Bonchev–Trinajstić information content (AvgIpc) is 2.54. The molecular weight excluding hydrogens is 504 g/mol. The average molecular weight is 515 g/mol. The molecule has 122 valence electrons. The van der Waals surface area contributed by atoms with Gasteiger partial charge in [-0.25, -0.2) is 0 Å². The highest BCUT2D eigenvalue weighted by atomic mass is 79.9. The molecule has 3 rings (SSSR count). The summed E-state index contributed by atoms with van der Waals surface area (Å²) in [6, 6.07) is 13.1. The Hall–Kier alpha value is -1.44. The van der Waals surface area contributed by atoms with E-state index in [1.165, 1.54) is 0 Å². The highest BCUT2D eigenvalue weighted by Crippen LogP contribution is 2.37. The number of rotatable bonds is 4. The number of fused-ring (bicyclic) bond motifs is 1. The summed E-state index contributed by atoms with van der Waals surface area (Å²) in [5, 5.41) is 3.71. The van der Waals surface area contributed by atoms with E-state index in [-0.39, 0.29) is 12.5 Å². The fourth-order valence-corrected chi connectivity index (χ4v) is 3.97. The van der Waals surface area contributed by atoms with Crippen LogP contribution in [0.1, 0.15) is 0 Å². The molecule has 0 fully saturated rings. The van der Waals surface area contributed by atoms with Gasteiger partial charge in [0.05, 0.1) is 4.47 Å². The van der Waals surface area contributed by atoms with Crippen molar-refractivity contribution < 1.29 is 9.53 Å². The summed E-state index contributed by atoms with van der Waals surface area (Å²) < 4.78 is 8.25. The topological polar surface area (TPSA) is 51.2 Å². The lowest BCUT2D eigenvalue weighted by molar-refractivity contribution is -0.118. The molecule has 2 aromatic carbocycles. The number of hydrogen-bond acceptors (Lipinski definition) is 3. The van der Waals surface area contributed by atoms with Crippen LogP contribution in [0.4, 0.5) is 5.69 Å². The largest absolute Gasteiger partial charge is 0.480 e. The Morgan fingerprint density at radius 1 is 1.08 bits per heavy atom. The smallest absolute Gasteiger partial charge is 0.262 e. The van der Waals surface area contributed by atoms with Crippen LogP contribution >= 0.6 is 47.8 Å². The maximum atomic E-state index is 12.1. The Morgan fingerprint density at radius 3 is 2.71 bits per heavy atom. The van der Waals surface area contributed by atoms with Gasteiger partial charge in [-0.1, -0.05) is 44.0 Å². The van der Waals surface area contributed by atoms with Crippen molar-refractivity contribution in [2.24, 2.45) is 0 Å². The van der Waals surface area contributed by atoms with Gasteiger partial charge in [0.2, 0.25) is 0 Å². The molecule has 0 aliphatic heterocycles. The number of benzene rings is 2. The van der Waals surface area contributed by atoms with Gasteiger partial charge in [-0.3, -0.25) is 9.78 Å². The molecule has 1 amide bonds. The fourth-order valence-electron chi connectivity index (χ4n) is 2.18. The zero-order valence-electron chi connectivity index (χ0n) is 12.2. The van der Waals surface area contributed by atoms with Crippen LogP contribution in [0.2, 0.25) is 0 Å². The van der Waals surface area contributed by atoms with E-state index in [1.807, 2.05) is 42.5 Å². The normalized spacial score (nSPS) is 10.6. The number of ether oxygens (including phenoxy) is 1. The van der Waals surface area contributed by atoms with Gasteiger partial charge in [0, 0.05) is 26.2 Å². The summed E-state index contributed by atoms with van der Waals surface area (Å²) in [5.41, 5.74) is 1.39. The summed E-state index contributed by atoms with van der Waals surface area (Å²) in [7, 11) is 0. The van der Waals surface area contributed by atoms with Gasteiger partial charge in [0.1, 0.15) is 5.52 Å². The first-order valence-electron chi connectivity index (χ1n) is 6.95. The summed E-state index contributed by atoms with van der Waals surface area (Å²) >= 11 is 10.3. The van der Waals surface area contributed by atoms with E-state index in [0.717, 1.165) is 18.8 Å². The Kier molecular flexibility index (Phi) is 5.53. The molecule has 1 aromatic heterocycles. The molecule has 7 heteroatoms. The molecule has 3 aromatic rings. The van der Waals surface area contributed by atoms with Crippen molar-refractivity contribution in [1.82, 2.24) is 4.98 Å². The third kappa shape index (κ3) is 3.96.